The Balaban J connectivity index is 1.86. The molecule has 1 aliphatic rings. The van der Waals surface area contributed by atoms with Gasteiger partial charge in [-0.25, -0.2) is 0 Å². The van der Waals surface area contributed by atoms with Gasteiger partial charge < -0.3 is 4.74 Å². The fourth-order valence-corrected chi connectivity index (χ4v) is 3.52. The van der Waals surface area contributed by atoms with Gasteiger partial charge in [-0.2, -0.15) is 13.2 Å². The number of benzene rings is 2. The summed E-state index contributed by atoms with van der Waals surface area (Å²) >= 11 is 6.09. The van der Waals surface area contributed by atoms with Crippen LogP contribution in [0, 0.1) is 0 Å². The van der Waals surface area contributed by atoms with E-state index in [1.807, 2.05) is 0 Å². The van der Waals surface area contributed by atoms with Crippen LogP contribution in [-0.4, -0.2) is 18.4 Å². The Hall–Kier alpha value is -1.92. The standard InChI is InChI=1S/C18H12ClF3O2S/c1-24-15-7-6-13-14(16(15)19)9-11(17(13)23)8-10-2-4-12(5-3-10)25-18(20,21)22/h2-8H,9H2,1H3. The highest BCUT2D eigenvalue weighted by molar-refractivity contribution is 8.00. The summed E-state index contributed by atoms with van der Waals surface area (Å²) in [7, 11) is 1.50. The van der Waals surface area contributed by atoms with E-state index in [1.54, 1.807) is 30.3 Å². The lowest BCUT2D eigenvalue weighted by molar-refractivity contribution is -0.0328. The summed E-state index contributed by atoms with van der Waals surface area (Å²) in [5.74, 6) is 0.372. The van der Waals surface area contributed by atoms with Gasteiger partial charge >= 0.3 is 5.51 Å². The van der Waals surface area contributed by atoms with Crippen LogP contribution >= 0.6 is 23.4 Å². The number of allylic oxidation sites excluding steroid dienone is 1. The van der Waals surface area contributed by atoms with Crippen LogP contribution < -0.4 is 4.74 Å². The molecule has 0 heterocycles. The predicted octanol–water partition coefficient (Wildman–Crippen LogP) is 5.78. The van der Waals surface area contributed by atoms with Crippen LogP contribution in [0.2, 0.25) is 5.02 Å². The largest absolute Gasteiger partial charge is 0.495 e. The van der Waals surface area contributed by atoms with E-state index >= 15 is 0 Å². The average Bonchev–Trinajstić information content (AvgIpc) is 2.86. The molecule has 0 spiro atoms. The Labute approximate surface area is 151 Å². The maximum absolute atomic E-state index is 12.5. The van der Waals surface area contributed by atoms with Gasteiger partial charge in [0, 0.05) is 22.5 Å². The Kier molecular flexibility index (Phi) is 4.84. The van der Waals surface area contributed by atoms with E-state index in [0.29, 0.717) is 39.5 Å². The van der Waals surface area contributed by atoms with Crippen molar-refractivity contribution >= 4 is 35.2 Å². The first-order valence-corrected chi connectivity index (χ1v) is 8.44. The molecule has 0 saturated carbocycles. The summed E-state index contributed by atoms with van der Waals surface area (Å²) in [6.45, 7) is 0. The number of thioether (sulfide) groups is 1. The number of ether oxygens (including phenoxy) is 1. The van der Waals surface area contributed by atoms with Crippen molar-refractivity contribution in [2.45, 2.75) is 16.8 Å². The van der Waals surface area contributed by atoms with Crippen LogP contribution in [0.15, 0.2) is 46.9 Å². The summed E-state index contributed by atoms with van der Waals surface area (Å²) in [6, 6.07) is 9.19. The van der Waals surface area contributed by atoms with E-state index in [-0.39, 0.29) is 22.4 Å². The van der Waals surface area contributed by atoms with Gasteiger partial charge in [0.2, 0.25) is 0 Å². The van der Waals surface area contributed by atoms with Crippen LogP contribution in [0.1, 0.15) is 21.5 Å². The van der Waals surface area contributed by atoms with Crippen LogP contribution in [-0.2, 0) is 6.42 Å². The van der Waals surface area contributed by atoms with E-state index in [4.69, 9.17) is 16.3 Å². The lowest BCUT2D eigenvalue weighted by atomic mass is 10.1. The summed E-state index contributed by atoms with van der Waals surface area (Å²) in [6.07, 6.45) is 2.04. The molecular formula is C18H12ClF3O2S. The smallest absolute Gasteiger partial charge is 0.446 e. The van der Waals surface area contributed by atoms with Gasteiger partial charge in [0.25, 0.3) is 0 Å². The van der Waals surface area contributed by atoms with Crippen LogP contribution in [0.5, 0.6) is 5.75 Å². The molecule has 0 fully saturated rings. The molecule has 0 N–H and O–H groups in total. The van der Waals surface area contributed by atoms with Crippen molar-refractivity contribution in [2.24, 2.45) is 0 Å². The number of fused-ring (bicyclic) bond motifs is 1. The third-order valence-corrected chi connectivity index (χ3v) is 4.94. The Bertz CT molecular complexity index is 858. The molecule has 25 heavy (non-hydrogen) atoms. The molecular weight excluding hydrogens is 373 g/mol. The van der Waals surface area contributed by atoms with Crippen molar-refractivity contribution in [3.8, 4) is 5.75 Å². The number of halogens is 4. The zero-order valence-electron chi connectivity index (χ0n) is 13.0. The molecule has 0 bridgehead atoms. The summed E-state index contributed by atoms with van der Waals surface area (Å²) < 4.78 is 42.2. The number of hydrogen-bond donors (Lipinski definition) is 0. The highest BCUT2D eigenvalue weighted by Gasteiger charge is 2.30. The number of ketones is 1. The quantitative estimate of drug-likeness (QED) is 0.495. The van der Waals surface area contributed by atoms with Crippen LogP contribution in [0.4, 0.5) is 13.2 Å². The molecule has 0 saturated heterocycles. The summed E-state index contributed by atoms with van der Waals surface area (Å²) in [5, 5.41) is 0.411. The minimum Gasteiger partial charge on any atom is -0.495 e. The van der Waals surface area contributed by atoms with E-state index in [9.17, 15) is 18.0 Å². The molecule has 1 aliphatic carbocycles. The van der Waals surface area contributed by atoms with Crippen molar-refractivity contribution in [2.75, 3.05) is 7.11 Å². The van der Waals surface area contributed by atoms with Gasteiger partial charge in [0.15, 0.2) is 5.78 Å². The number of methoxy groups -OCH3 is 1. The van der Waals surface area contributed by atoms with Crippen molar-refractivity contribution < 1.29 is 22.7 Å². The average molecular weight is 385 g/mol. The number of rotatable bonds is 3. The maximum atomic E-state index is 12.5. The third kappa shape index (κ3) is 3.85. The summed E-state index contributed by atoms with van der Waals surface area (Å²) in [4.78, 5) is 12.6. The molecule has 2 aromatic rings. The molecule has 7 heteroatoms. The zero-order chi connectivity index (χ0) is 18.2. The molecule has 3 rings (SSSR count). The first-order valence-electron chi connectivity index (χ1n) is 7.25. The highest BCUT2D eigenvalue weighted by Crippen LogP contribution is 2.39. The zero-order valence-corrected chi connectivity index (χ0v) is 14.6. The molecule has 2 nitrogen and oxygen atoms in total. The van der Waals surface area contributed by atoms with E-state index in [0.717, 1.165) is 0 Å². The molecule has 0 aliphatic heterocycles. The first kappa shape index (κ1) is 17.9. The van der Waals surface area contributed by atoms with Crippen molar-refractivity contribution in [3.63, 3.8) is 0 Å². The Morgan fingerprint density at radius 3 is 2.44 bits per heavy atom. The predicted molar refractivity (Wildman–Crippen MR) is 92.4 cm³/mol. The van der Waals surface area contributed by atoms with Crippen LogP contribution in [0.25, 0.3) is 6.08 Å². The Morgan fingerprint density at radius 2 is 1.84 bits per heavy atom. The molecule has 0 atom stereocenters. The molecule has 0 aromatic heterocycles. The van der Waals surface area contributed by atoms with Crippen molar-refractivity contribution in [1.29, 1.82) is 0 Å². The van der Waals surface area contributed by atoms with Gasteiger partial charge in [-0.15, -0.1) is 0 Å². The minimum atomic E-state index is -4.32. The maximum Gasteiger partial charge on any atom is 0.446 e. The molecule has 130 valence electrons. The Morgan fingerprint density at radius 1 is 1.16 bits per heavy atom. The SMILES string of the molecule is COc1ccc2c(c1Cl)CC(=Cc1ccc(SC(F)(F)F)cc1)C2=O. The number of Topliss-reactive ketones (excluding diaryl/α,β-unsaturated/α-hetero) is 1. The topological polar surface area (TPSA) is 26.3 Å². The first-order chi connectivity index (χ1) is 11.8. The number of hydrogen-bond acceptors (Lipinski definition) is 3. The highest BCUT2D eigenvalue weighted by atomic mass is 35.5. The van der Waals surface area contributed by atoms with E-state index in [1.165, 1.54) is 19.2 Å². The third-order valence-electron chi connectivity index (χ3n) is 3.79. The lowest BCUT2D eigenvalue weighted by Crippen LogP contribution is -1.98. The number of alkyl halides is 3. The number of carbonyl (C=O) groups excluding carboxylic acids is 1. The number of carbonyl (C=O) groups is 1. The molecule has 0 radical (unpaired) electrons. The molecule has 0 unspecified atom stereocenters. The van der Waals surface area contributed by atoms with Crippen molar-refractivity contribution in [1.82, 2.24) is 0 Å². The van der Waals surface area contributed by atoms with Crippen LogP contribution in [0.3, 0.4) is 0 Å². The lowest BCUT2D eigenvalue weighted by Gasteiger charge is -2.06. The molecule has 2 aromatic carbocycles. The van der Waals surface area contributed by atoms with E-state index < -0.39 is 5.51 Å². The van der Waals surface area contributed by atoms with Gasteiger partial charge in [0.05, 0.1) is 12.1 Å². The normalized spacial score (nSPS) is 15.6. The fraction of sp³-hybridized carbons (Fsp3) is 0.167. The van der Waals surface area contributed by atoms with Gasteiger partial charge in [0.1, 0.15) is 5.75 Å². The monoisotopic (exact) mass is 384 g/mol. The van der Waals surface area contributed by atoms with Gasteiger partial charge in [-0.05, 0) is 53.2 Å². The van der Waals surface area contributed by atoms with E-state index in [2.05, 4.69) is 0 Å². The molecule has 0 amide bonds. The van der Waals surface area contributed by atoms with Gasteiger partial charge in [-0.1, -0.05) is 23.7 Å². The fourth-order valence-electron chi connectivity index (χ4n) is 2.67. The second kappa shape index (κ2) is 6.77. The second-order valence-electron chi connectivity index (χ2n) is 5.40. The summed E-state index contributed by atoms with van der Waals surface area (Å²) in [5.41, 5.74) is -1.88. The van der Waals surface area contributed by atoms with Crippen molar-refractivity contribution in [3.05, 3.63) is 63.7 Å². The minimum absolute atomic E-state index is 0.100. The van der Waals surface area contributed by atoms with Gasteiger partial charge in [-0.3, -0.25) is 4.79 Å². The second-order valence-corrected chi connectivity index (χ2v) is 6.92.